The van der Waals surface area contributed by atoms with Crippen LogP contribution in [-0.4, -0.2) is 0 Å². The summed E-state index contributed by atoms with van der Waals surface area (Å²) in [7, 11) is 0. The molecule has 2 nitrogen and oxygen atoms in total. The van der Waals surface area contributed by atoms with Gasteiger partial charge in [0.05, 0.1) is 10.4 Å². The van der Waals surface area contributed by atoms with Crippen LogP contribution < -0.4 is 4.90 Å². The highest BCUT2D eigenvalue weighted by Gasteiger charge is 2.21. The average molecular weight is 644 g/mol. The number of furan rings is 1. The molecule has 0 N–H and O–H groups in total. The van der Waals surface area contributed by atoms with Gasteiger partial charge in [0.15, 0.2) is 0 Å². The monoisotopic (exact) mass is 643 g/mol. The summed E-state index contributed by atoms with van der Waals surface area (Å²) in [5, 5.41) is 7.31. The number of fused-ring (bicyclic) bond motifs is 7. The fraction of sp³-hybridized carbons (Fsp3) is 0. The van der Waals surface area contributed by atoms with E-state index in [-0.39, 0.29) is 0 Å². The van der Waals surface area contributed by atoms with Gasteiger partial charge in [-0.1, -0.05) is 127 Å². The molecule has 0 unspecified atom stereocenters. The lowest BCUT2D eigenvalue weighted by Gasteiger charge is -2.26. The van der Waals surface area contributed by atoms with Gasteiger partial charge in [0, 0.05) is 43.7 Å². The van der Waals surface area contributed by atoms with Crippen LogP contribution in [0.2, 0.25) is 0 Å². The zero-order chi connectivity index (χ0) is 32.3. The van der Waals surface area contributed by atoms with Gasteiger partial charge in [0.1, 0.15) is 11.2 Å². The molecule has 0 radical (unpaired) electrons. The predicted molar refractivity (Wildman–Crippen MR) is 210 cm³/mol. The van der Waals surface area contributed by atoms with Gasteiger partial charge in [0.2, 0.25) is 0 Å². The Labute approximate surface area is 287 Å². The molecule has 0 spiro atoms. The lowest BCUT2D eigenvalue weighted by atomic mass is 9.99. The molecule has 0 aliphatic heterocycles. The van der Waals surface area contributed by atoms with Crippen molar-refractivity contribution in [1.29, 1.82) is 0 Å². The molecule has 230 valence electrons. The molecule has 0 fully saturated rings. The Balaban J connectivity index is 1.18. The van der Waals surface area contributed by atoms with Gasteiger partial charge < -0.3 is 9.32 Å². The topological polar surface area (TPSA) is 16.4 Å². The van der Waals surface area contributed by atoms with Gasteiger partial charge in [-0.15, -0.1) is 11.3 Å². The highest BCUT2D eigenvalue weighted by Crippen LogP contribution is 2.48. The number of anilines is 3. The van der Waals surface area contributed by atoms with Crippen molar-refractivity contribution < 1.29 is 4.42 Å². The second-order valence-electron chi connectivity index (χ2n) is 12.5. The minimum atomic E-state index is 0.881. The molecule has 10 rings (SSSR count). The fourth-order valence-corrected chi connectivity index (χ4v) is 8.62. The number of hydrogen-bond donors (Lipinski definition) is 0. The van der Waals surface area contributed by atoms with Crippen molar-refractivity contribution in [2.75, 3.05) is 4.90 Å². The molecule has 0 bridgehead atoms. The Hall–Kier alpha value is -6.16. The summed E-state index contributed by atoms with van der Waals surface area (Å²) in [6.45, 7) is 0. The van der Waals surface area contributed by atoms with Crippen LogP contribution in [-0.2, 0) is 0 Å². The lowest BCUT2D eigenvalue weighted by Crippen LogP contribution is -2.10. The van der Waals surface area contributed by atoms with Crippen LogP contribution >= 0.6 is 11.3 Å². The first-order valence-electron chi connectivity index (χ1n) is 16.6. The lowest BCUT2D eigenvalue weighted by molar-refractivity contribution is 0.669. The third-order valence-corrected chi connectivity index (χ3v) is 10.9. The van der Waals surface area contributed by atoms with Gasteiger partial charge in [-0.25, -0.2) is 0 Å². The van der Waals surface area contributed by atoms with E-state index < -0.39 is 0 Å². The van der Waals surface area contributed by atoms with Crippen molar-refractivity contribution in [2.24, 2.45) is 0 Å². The zero-order valence-corrected chi connectivity index (χ0v) is 27.3. The first-order valence-corrected chi connectivity index (χ1v) is 17.4. The Kier molecular flexibility index (Phi) is 6.39. The largest absolute Gasteiger partial charge is 0.456 e. The number of nitrogens with zero attached hydrogens (tertiary/aromatic N) is 1. The number of para-hydroxylation sites is 1. The van der Waals surface area contributed by atoms with Crippen LogP contribution in [0.25, 0.3) is 75.1 Å². The zero-order valence-electron chi connectivity index (χ0n) is 26.5. The van der Waals surface area contributed by atoms with Gasteiger partial charge in [-0.05, 0) is 75.5 Å². The van der Waals surface area contributed by atoms with E-state index in [4.69, 9.17) is 4.42 Å². The summed E-state index contributed by atoms with van der Waals surface area (Å²) in [6, 6.07) is 63.2. The van der Waals surface area contributed by atoms with Crippen LogP contribution in [0.1, 0.15) is 0 Å². The van der Waals surface area contributed by atoms with Crippen LogP contribution in [0.15, 0.2) is 180 Å². The average Bonchev–Trinajstić information content (AvgIpc) is 3.74. The molecule has 0 aliphatic rings. The molecular formula is C46H29NOS. The molecule has 0 aliphatic carbocycles. The summed E-state index contributed by atoms with van der Waals surface area (Å²) >= 11 is 1.88. The molecule has 0 amide bonds. The van der Waals surface area contributed by atoms with Crippen molar-refractivity contribution in [3.05, 3.63) is 176 Å². The summed E-state index contributed by atoms with van der Waals surface area (Å²) < 4.78 is 8.95. The van der Waals surface area contributed by atoms with Crippen LogP contribution in [0.5, 0.6) is 0 Å². The quantitative estimate of drug-likeness (QED) is 0.186. The van der Waals surface area contributed by atoms with Gasteiger partial charge >= 0.3 is 0 Å². The van der Waals surface area contributed by atoms with Crippen LogP contribution in [0, 0.1) is 0 Å². The molecule has 49 heavy (non-hydrogen) atoms. The van der Waals surface area contributed by atoms with Crippen LogP contribution in [0.4, 0.5) is 17.1 Å². The second kappa shape index (κ2) is 11.2. The van der Waals surface area contributed by atoms with Crippen molar-refractivity contribution in [2.45, 2.75) is 0 Å². The normalized spacial score (nSPS) is 11.7. The first kappa shape index (κ1) is 27.9. The summed E-state index contributed by atoms with van der Waals surface area (Å²) in [4.78, 5) is 2.38. The van der Waals surface area contributed by atoms with E-state index in [0.717, 1.165) is 39.0 Å². The molecule has 8 aromatic carbocycles. The number of benzene rings is 8. The van der Waals surface area contributed by atoms with Gasteiger partial charge in [0.25, 0.3) is 0 Å². The number of rotatable bonds is 5. The van der Waals surface area contributed by atoms with Gasteiger partial charge in [-0.3, -0.25) is 0 Å². The van der Waals surface area contributed by atoms with Crippen molar-refractivity contribution in [3.8, 4) is 22.3 Å². The Morgan fingerprint density at radius 3 is 1.92 bits per heavy atom. The Bertz CT molecular complexity index is 2830. The Morgan fingerprint density at radius 1 is 0.388 bits per heavy atom. The van der Waals surface area contributed by atoms with Crippen molar-refractivity contribution in [1.82, 2.24) is 0 Å². The third kappa shape index (κ3) is 4.62. The van der Waals surface area contributed by atoms with Gasteiger partial charge in [-0.2, -0.15) is 0 Å². The van der Waals surface area contributed by atoms with E-state index in [0.29, 0.717) is 0 Å². The SMILES string of the molecule is c1ccc(-c2ccc(N(c3ccc4c(c3)oc3ccccc34)c3cccc4c3sc3c(-c5ccc6ccccc6c5)cccc34)cc2)cc1. The summed E-state index contributed by atoms with van der Waals surface area (Å²) in [6.07, 6.45) is 0. The fourth-order valence-electron chi connectivity index (χ4n) is 7.28. The van der Waals surface area contributed by atoms with E-state index in [1.807, 2.05) is 23.5 Å². The number of hydrogen-bond acceptors (Lipinski definition) is 3. The summed E-state index contributed by atoms with van der Waals surface area (Å²) in [5.41, 5.74) is 9.97. The molecule has 2 aromatic heterocycles. The second-order valence-corrected chi connectivity index (χ2v) is 13.5. The van der Waals surface area contributed by atoms with Crippen molar-refractivity contribution >= 4 is 81.3 Å². The van der Waals surface area contributed by atoms with E-state index in [1.54, 1.807) is 0 Å². The minimum Gasteiger partial charge on any atom is -0.456 e. The molecule has 0 atom stereocenters. The van der Waals surface area contributed by atoms with E-state index in [2.05, 4.69) is 169 Å². The van der Waals surface area contributed by atoms with E-state index >= 15 is 0 Å². The molecular weight excluding hydrogens is 615 g/mol. The van der Waals surface area contributed by atoms with Crippen LogP contribution in [0.3, 0.4) is 0 Å². The summed E-state index contributed by atoms with van der Waals surface area (Å²) in [5.74, 6) is 0. The third-order valence-electron chi connectivity index (χ3n) is 9.66. The number of thiophene rings is 1. The Morgan fingerprint density at radius 2 is 1.04 bits per heavy atom. The van der Waals surface area contributed by atoms with E-state index in [9.17, 15) is 0 Å². The van der Waals surface area contributed by atoms with E-state index in [1.165, 1.54) is 53.2 Å². The van der Waals surface area contributed by atoms with Crippen molar-refractivity contribution in [3.63, 3.8) is 0 Å². The first-order chi connectivity index (χ1) is 24.3. The molecule has 3 heteroatoms. The smallest absolute Gasteiger partial charge is 0.137 e. The highest BCUT2D eigenvalue weighted by atomic mass is 32.1. The maximum absolute atomic E-state index is 6.40. The maximum atomic E-state index is 6.40. The minimum absolute atomic E-state index is 0.881. The maximum Gasteiger partial charge on any atom is 0.137 e. The highest BCUT2D eigenvalue weighted by molar-refractivity contribution is 7.27. The molecule has 0 saturated heterocycles. The molecule has 2 heterocycles. The predicted octanol–water partition coefficient (Wildman–Crippen LogP) is 13.9. The standard InChI is InChI=1S/C46H29NOS/c1-2-10-30(11-3-1)32-22-24-35(25-23-32)47(36-26-27-39-38-14-6-7-19-43(38)48-44(39)29-36)42-18-9-17-41-40-16-8-15-37(45(40)49-46(41)42)34-21-20-31-12-4-5-13-33(31)28-34/h1-29H. The molecule has 10 aromatic rings. The molecule has 0 saturated carbocycles.